The van der Waals surface area contributed by atoms with Gasteiger partial charge in [-0.1, -0.05) is 13.3 Å². The maximum absolute atomic E-state index is 3.60. The SMILES string of the molecule is I.[CH2-]CCC.[Li+]. The van der Waals surface area contributed by atoms with Gasteiger partial charge >= 0.3 is 18.9 Å². The summed E-state index contributed by atoms with van der Waals surface area (Å²) in [6, 6.07) is 0. The molecule has 0 aliphatic carbocycles. The van der Waals surface area contributed by atoms with Crippen molar-refractivity contribution in [3.63, 3.8) is 0 Å². The van der Waals surface area contributed by atoms with E-state index in [2.05, 4.69) is 13.8 Å². The van der Waals surface area contributed by atoms with E-state index in [0.717, 1.165) is 6.42 Å². The van der Waals surface area contributed by atoms with Gasteiger partial charge in [0.05, 0.1) is 0 Å². The summed E-state index contributed by atoms with van der Waals surface area (Å²) in [7, 11) is 0. The van der Waals surface area contributed by atoms with Crippen LogP contribution in [0.2, 0.25) is 0 Å². The van der Waals surface area contributed by atoms with E-state index in [0.29, 0.717) is 0 Å². The zero-order chi connectivity index (χ0) is 3.41. The summed E-state index contributed by atoms with van der Waals surface area (Å²) < 4.78 is 0. The maximum Gasteiger partial charge on any atom is 1.00 e. The third kappa shape index (κ3) is 18.4. The van der Waals surface area contributed by atoms with Crippen LogP contribution < -0.4 is 18.9 Å². The Morgan fingerprint density at radius 2 is 1.67 bits per heavy atom. The van der Waals surface area contributed by atoms with Crippen LogP contribution in [-0.2, 0) is 0 Å². The Morgan fingerprint density at radius 3 is 1.67 bits per heavy atom. The van der Waals surface area contributed by atoms with Crippen molar-refractivity contribution < 1.29 is 18.9 Å². The molecular formula is C4H10ILi. The molecule has 0 fully saturated rings. The Kier molecular flexibility index (Phi) is 42.3. The monoisotopic (exact) mass is 192 g/mol. The van der Waals surface area contributed by atoms with Crippen molar-refractivity contribution in [2.24, 2.45) is 0 Å². The predicted molar refractivity (Wildman–Crippen MR) is 35.7 cm³/mol. The zero-order valence-electron chi connectivity index (χ0n) is 4.53. The van der Waals surface area contributed by atoms with Crippen molar-refractivity contribution in [1.82, 2.24) is 0 Å². The van der Waals surface area contributed by atoms with Crippen molar-refractivity contribution in [3.8, 4) is 0 Å². The fraction of sp³-hybridized carbons (Fsp3) is 0.750. The fourth-order valence-electron chi connectivity index (χ4n) is 0. The molecule has 0 aliphatic rings. The summed E-state index contributed by atoms with van der Waals surface area (Å²) in [5, 5.41) is 0. The molecule has 6 heavy (non-hydrogen) atoms. The second-order valence-corrected chi connectivity index (χ2v) is 0.854. The van der Waals surface area contributed by atoms with E-state index < -0.39 is 0 Å². The fourth-order valence-corrected chi connectivity index (χ4v) is 0. The average Bonchev–Trinajstić information content (AvgIpc) is 1.37. The molecule has 0 aromatic carbocycles. The standard InChI is InChI=1S/C4H9.HI.Li/c1-3-4-2;;/h1,3-4H2,2H3;1H;/q-1;;+1. The summed E-state index contributed by atoms with van der Waals surface area (Å²) in [5.41, 5.74) is 0. The van der Waals surface area contributed by atoms with Crippen molar-refractivity contribution >= 4 is 24.0 Å². The van der Waals surface area contributed by atoms with Crippen LogP contribution in [0.1, 0.15) is 19.8 Å². The van der Waals surface area contributed by atoms with Crippen LogP contribution in [0.3, 0.4) is 0 Å². The van der Waals surface area contributed by atoms with Crippen molar-refractivity contribution in [1.29, 1.82) is 0 Å². The molecule has 0 spiro atoms. The van der Waals surface area contributed by atoms with E-state index in [-0.39, 0.29) is 42.8 Å². The Hall–Kier alpha value is 1.33. The number of hydrogen-bond acceptors (Lipinski definition) is 0. The Bertz CT molecular complexity index is 9.51. The normalized spacial score (nSPS) is 5.00. The minimum atomic E-state index is 0. The van der Waals surface area contributed by atoms with Crippen molar-refractivity contribution in [3.05, 3.63) is 6.92 Å². The molecule has 0 rings (SSSR count). The minimum absolute atomic E-state index is 0. The molecule has 34 valence electrons. The van der Waals surface area contributed by atoms with Gasteiger partial charge in [-0.15, -0.1) is 24.0 Å². The molecule has 0 aliphatic heterocycles. The topological polar surface area (TPSA) is 0 Å². The predicted octanol–water partition coefficient (Wildman–Crippen LogP) is -0.757. The van der Waals surface area contributed by atoms with Gasteiger partial charge in [-0.05, 0) is 0 Å². The molecule has 0 saturated carbocycles. The van der Waals surface area contributed by atoms with Crippen LogP contribution in [0.4, 0.5) is 0 Å². The van der Waals surface area contributed by atoms with Crippen LogP contribution in [0.25, 0.3) is 0 Å². The Morgan fingerprint density at radius 1 is 1.50 bits per heavy atom. The van der Waals surface area contributed by atoms with Gasteiger partial charge in [0.2, 0.25) is 0 Å². The average molecular weight is 192 g/mol. The zero-order valence-corrected chi connectivity index (χ0v) is 6.86. The second kappa shape index (κ2) is 16.2. The van der Waals surface area contributed by atoms with Crippen molar-refractivity contribution in [2.45, 2.75) is 19.8 Å². The van der Waals surface area contributed by atoms with Crippen LogP contribution in [0.15, 0.2) is 0 Å². The number of halogens is 1. The summed E-state index contributed by atoms with van der Waals surface area (Å²) in [6.07, 6.45) is 2.28. The van der Waals surface area contributed by atoms with Crippen LogP contribution in [0, 0.1) is 6.92 Å². The van der Waals surface area contributed by atoms with Gasteiger partial charge in [0.25, 0.3) is 0 Å². The molecule has 2 heteroatoms. The molecule has 0 bridgehead atoms. The summed E-state index contributed by atoms with van der Waals surface area (Å²) >= 11 is 0. The van der Waals surface area contributed by atoms with Gasteiger partial charge in [-0.2, -0.15) is 6.42 Å². The van der Waals surface area contributed by atoms with Crippen LogP contribution in [0.5, 0.6) is 0 Å². The third-order valence-corrected chi connectivity index (χ3v) is 0.354. The number of unbranched alkanes of at least 4 members (excludes halogenated alkanes) is 1. The van der Waals surface area contributed by atoms with Crippen molar-refractivity contribution in [2.75, 3.05) is 0 Å². The molecule has 0 radical (unpaired) electrons. The molecule has 0 heterocycles. The molecule has 0 unspecified atom stereocenters. The summed E-state index contributed by atoms with van der Waals surface area (Å²) in [5.74, 6) is 0. The Labute approximate surface area is 69.3 Å². The van der Waals surface area contributed by atoms with Crippen LogP contribution in [-0.4, -0.2) is 0 Å². The first kappa shape index (κ1) is 15.7. The number of hydrogen-bond donors (Lipinski definition) is 0. The number of rotatable bonds is 1. The molecule has 0 atom stereocenters. The summed E-state index contributed by atoms with van der Waals surface area (Å²) in [4.78, 5) is 0. The molecule has 0 aromatic rings. The van der Waals surface area contributed by atoms with Gasteiger partial charge in [0.15, 0.2) is 0 Å². The van der Waals surface area contributed by atoms with E-state index >= 15 is 0 Å². The first-order valence-electron chi connectivity index (χ1n) is 1.71. The van der Waals surface area contributed by atoms with Gasteiger partial charge < -0.3 is 6.92 Å². The largest absolute Gasteiger partial charge is 1.00 e. The molecule has 0 saturated heterocycles. The molecule has 0 nitrogen and oxygen atoms in total. The van der Waals surface area contributed by atoms with E-state index in [1.54, 1.807) is 0 Å². The van der Waals surface area contributed by atoms with E-state index in [1.807, 2.05) is 0 Å². The first-order chi connectivity index (χ1) is 1.91. The van der Waals surface area contributed by atoms with Gasteiger partial charge in [0.1, 0.15) is 0 Å². The van der Waals surface area contributed by atoms with Gasteiger partial charge in [-0.3, -0.25) is 0 Å². The van der Waals surface area contributed by atoms with Crippen LogP contribution >= 0.6 is 24.0 Å². The smallest absolute Gasteiger partial charge is 0.343 e. The van der Waals surface area contributed by atoms with Gasteiger partial charge in [0, 0.05) is 0 Å². The van der Waals surface area contributed by atoms with E-state index in [9.17, 15) is 0 Å². The second-order valence-electron chi connectivity index (χ2n) is 0.854. The minimum Gasteiger partial charge on any atom is -0.343 e. The maximum atomic E-state index is 3.60. The summed E-state index contributed by atoms with van der Waals surface area (Å²) in [6.45, 7) is 5.72. The Balaban J connectivity index is -0.0000000450. The first-order valence-corrected chi connectivity index (χ1v) is 1.71. The molecule has 0 aromatic heterocycles. The van der Waals surface area contributed by atoms with E-state index in [1.165, 1.54) is 6.42 Å². The third-order valence-electron chi connectivity index (χ3n) is 0.354. The van der Waals surface area contributed by atoms with E-state index in [4.69, 9.17) is 0 Å². The van der Waals surface area contributed by atoms with Gasteiger partial charge in [-0.25, -0.2) is 0 Å². The quantitative estimate of drug-likeness (QED) is 0.291. The molecule has 0 N–H and O–H groups in total. The molecule has 0 amide bonds. The molecular weight excluding hydrogens is 182 g/mol.